The van der Waals surface area contributed by atoms with Crippen LogP contribution >= 0.6 is 0 Å². The van der Waals surface area contributed by atoms with Crippen LogP contribution in [0.1, 0.15) is 29.7 Å². The lowest BCUT2D eigenvalue weighted by Crippen LogP contribution is -2.30. The van der Waals surface area contributed by atoms with Crippen molar-refractivity contribution in [2.24, 2.45) is 0 Å². The summed E-state index contributed by atoms with van der Waals surface area (Å²) in [6.45, 7) is 4.78. The first-order chi connectivity index (χ1) is 10.2. The SMILES string of the molecule is CCOC(=O)C(NCc1cnccc1C)c1ccccc1. The van der Waals surface area contributed by atoms with E-state index in [4.69, 9.17) is 4.74 Å². The van der Waals surface area contributed by atoms with Crippen molar-refractivity contribution in [2.45, 2.75) is 26.4 Å². The molecule has 0 aliphatic heterocycles. The standard InChI is InChI=1S/C17H20N2O2/c1-3-21-17(20)16(14-7-5-4-6-8-14)19-12-15-11-18-10-9-13(15)2/h4-11,16,19H,3,12H2,1-2H3. The van der Waals surface area contributed by atoms with Crippen molar-refractivity contribution in [3.63, 3.8) is 0 Å². The molecule has 0 spiro atoms. The van der Waals surface area contributed by atoms with E-state index in [1.54, 1.807) is 6.20 Å². The lowest BCUT2D eigenvalue weighted by molar-refractivity contribution is -0.145. The van der Waals surface area contributed by atoms with Crippen molar-refractivity contribution in [3.8, 4) is 0 Å². The molecular weight excluding hydrogens is 264 g/mol. The molecule has 110 valence electrons. The second-order valence-corrected chi connectivity index (χ2v) is 4.78. The molecule has 21 heavy (non-hydrogen) atoms. The summed E-state index contributed by atoms with van der Waals surface area (Å²) < 4.78 is 5.16. The van der Waals surface area contributed by atoms with Gasteiger partial charge in [0, 0.05) is 18.9 Å². The van der Waals surface area contributed by atoms with Gasteiger partial charge in [0.1, 0.15) is 6.04 Å². The minimum atomic E-state index is -0.467. The first-order valence-electron chi connectivity index (χ1n) is 7.06. The summed E-state index contributed by atoms with van der Waals surface area (Å²) in [6, 6.07) is 11.1. The van der Waals surface area contributed by atoms with Crippen molar-refractivity contribution in [2.75, 3.05) is 6.61 Å². The smallest absolute Gasteiger partial charge is 0.327 e. The van der Waals surface area contributed by atoms with E-state index in [2.05, 4.69) is 10.3 Å². The molecule has 1 heterocycles. The van der Waals surface area contributed by atoms with Crippen LogP contribution in [0.3, 0.4) is 0 Å². The molecule has 2 aromatic rings. The quantitative estimate of drug-likeness (QED) is 0.829. The maximum atomic E-state index is 12.1. The van der Waals surface area contributed by atoms with Gasteiger partial charge in [-0.2, -0.15) is 0 Å². The summed E-state index contributed by atoms with van der Waals surface area (Å²) in [5.74, 6) is -0.259. The molecule has 1 unspecified atom stereocenters. The van der Waals surface area contributed by atoms with Crippen LogP contribution in [0.15, 0.2) is 48.8 Å². The number of hydrogen-bond donors (Lipinski definition) is 1. The molecule has 0 aliphatic carbocycles. The van der Waals surface area contributed by atoms with Gasteiger partial charge in [-0.3, -0.25) is 10.3 Å². The fourth-order valence-electron chi connectivity index (χ4n) is 2.10. The van der Waals surface area contributed by atoms with Gasteiger partial charge < -0.3 is 4.74 Å². The molecule has 4 heteroatoms. The predicted octanol–water partition coefficient (Wildman–Crippen LogP) is 2.78. The third-order valence-corrected chi connectivity index (χ3v) is 3.30. The monoisotopic (exact) mass is 284 g/mol. The van der Waals surface area contributed by atoms with Crippen LogP contribution < -0.4 is 5.32 Å². The van der Waals surface area contributed by atoms with E-state index in [-0.39, 0.29) is 5.97 Å². The van der Waals surface area contributed by atoms with Gasteiger partial charge >= 0.3 is 5.97 Å². The Balaban J connectivity index is 2.13. The zero-order valence-electron chi connectivity index (χ0n) is 12.4. The highest BCUT2D eigenvalue weighted by Gasteiger charge is 2.21. The third kappa shape index (κ3) is 4.13. The fraction of sp³-hybridized carbons (Fsp3) is 0.294. The molecule has 1 aromatic carbocycles. The average molecular weight is 284 g/mol. The fourth-order valence-corrected chi connectivity index (χ4v) is 2.10. The topological polar surface area (TPSA) is 51.2 Å². The Labute approximate surface area is 125 Å². The number of carbonyl (C=O) groups is 1. The van der Waals surface area contributed by atoms with Crippen LogP contribution in [-0.4, -0.2) is 17.6 Å². The zero-order valence-corrected chi connectivity index (χ0v) is 12.4. The molecule has 0 radical (unpaired) electrons. The highest BCUT2D eigenvalue weighted by molar-refractivity contribution is 5.77. The first-order valence-corrected chi connectivity index (χ1v) is 7.06. The van der Waals surface area contributed by atoms with E-state index in [0.717, 1.165) is 16.7 Å². The van der Waals surface area contributed by atoms with Crippen molar-refractivity contribution in [1.82, 2.24) is 10.3 Å². The van der Waals surface area contributed by atoms with Gasteiger partial charge in [0.05, 0.1) is 6.61 Å². The number of esters is 1. The van der Waals surface area contributed by atoms with E-state index in [1.165, 1.54) is 0 Å². The molecule has 2 rings (SSSR count). The molecule has 0 fully saturated rings. The van der Waals surface area contributed by atoms with Gasteiger partial charge in [0.2, 0.25) is 0 Å². The number of hydrogen-bond acceptors (Lipinski definition) is 4. The summed E-state index contributed by atoms with van der Waals surface area (Å²) in [7, 11) is 0. The predicted molar refractivity (Wildman–Crippen MR) is 81.6 cm³/mol. The first kappa shape index (κ1) is 15.2. The third-order valence-electron chi connectivity index (χ3n) is 3.30. The Morgan fingerprint density at radius 1 is 1.29 bits per heavy atom. The average Bonchev–Trinajstić information content (AvgIpc) is 2.50. The molecule has 0 aliphatic rings. The number of rotatable bonds is 6. The number of aromatic nitrogens is 1. The maximum Gasteiger partial charge on any atom is 0.327 e. The molecular formula is C17H20N2O2. The molecule has 0 saturated heterocycles. The van der Waals surface area contributed by atoms with Crippen LogP contribution in [0, 0.1) is 6.92 Å². The van der Waals surface area contributed by atoms with Gasteiger partial charge in [-0.15, -0.1) is 0 Å². The van der Waals surface area contributed by atoms with Gasteiger partial charge in [-0.1, -0.05) is 30.3 Å². The minimum absolute atomic E-state index is 0.259. The number of nitrogens with zero attached hydrogens (tertiary/aromatic N) is 1. The van der Waals surface area contributed by atoms with Crippen LogP contribution in [-0.2, 0) is 16.1 Å². The highest BCUT2D eigenvalue weighted by Crippen LogP contribution is 2.16. The Kier molecular flexibility index (Phi) is 5.46. The molecule has 1 N–H and O–H groups in total. The number of aryl methyl sites for hydroxylation is 1. The van der Waals surface area contributed by atoms with E-state index in [1.807, 2.05) is 56.4 Å². The van der Waals surface area contributed by atoms with Gasteiger partial charge in [-0.25, -0.2) is 4.79 Å². The van der Waals surface area contributed by atoms with Crippen molar-refractivity contribution in [1.29, 1.82) is 0 Å². The Bertz CT molecular complexity index is 584. The summed E-state index contributed by atoms with van der Waals surface area (Å²) >= 11 is 0. The van der Waals surface area contributed by atoms with Crippen molar-refractivity contribution >= 4 is 5.97 Å². The number of nitrogens with one attached hydrogen (secondary N) is 1. The number of ether oxygens (including phenoxy) is 1. The Morgan fingerprint density at radius 3 is 2.71 bits per heavy atom. The minimum Gasteiger partial charge on any atom is -0.465 e. The van der Waals surface area contributed by atoms with Crippen LogP contribution in [0.25, 0.3) is 0 Å². The van der Waals surface area contributed by atoms with Gasteiger partial charge in [-0.05, 0) is 36.6 Å². The lowest BCUT2D eigenvalue weighted by Gasteiger charge is -2.18. The molecule has 1 atom stereocenters. The molecule has 4 nitrogen and oxygen atoms in total. The van der Waals surface area contributed by atoms with Gasteiger partial charge in [0.25, 0.3) is 0 Å². The summed E-state index contributed by atoms with van der Waals surface area (Å²) in [6.07, 6.45) is 3.58. The van der Waals surface area contributed by atoms with Crippen molar-refractivity contribution < 1.29 is 9.53 Å². The zero-order chi connectivity index (χ0) is 15.1. The summed E-state index contributed by atoms with van der Waals surface area (Å²) in [5, 5.41) is 3.26. The lowest BCUT2D eigenvalue weighted by atomic mass is 10.1. The van der Waals surface area contributed by atoms with E-state index < -0.39 is 6.04 Å². The van der Waals surface area contributed by atoms with Crippen LogP contribution in [0.5, 0.6) is 0 Å². The summed E-state index contributed by atoms with van der Waals surface area (Å²) in [5.41, 5.74) is 3.12. The molecule has 0 saturated carbocycles. The van der Waals surface area contributed by atoms with E-state index in [9.17, 15) is 4.79 Å². The largest absolute Gasteiger partial charge is 0.465 e. The number of benzene rings is 1. The Morgan fingerprint density at radius 2 is 2.05 bits per heavy atom. The van der Waals surface area contributed by atoms with E-state index >= 15 is 0 Å². The summed E-state index contributed by atoms with van der Waals surface area (Å²) in [4.78, 5) is 16.3. The van der Waals surface area contributed by atoms with Crippen molar-refractivity contribution in [3.05, 3.63) is 65.5 Å². The molecule has 0 bridgehead atoms. The molecule has 0 amide bonds. The number of carbonyl (C=O) groups excluding carboxylic acids is 1. The Hall–Kier alpha value is -2.20. The van der Waals surface area contributed by atoms with Crippen LogP contribution in [0.2, 0.25) is 0 Å². The second-order valence-electron chi connectivity index (χ2n) is 4.78. The van der Waals surface area contributed by atoms with E-state index in [0.29, 0.717) is 13.2 Å². The number of pyridine rings is 1. The maximum absolute atomic E-state index is 12.1. The normalized spacial score (nSPS) is 11.9. The second kappa shape index (κ2) is 7.55. The molecule has 1 aromatic heterocycles. The van der Waals surface area contributed by atoms with Gasteiger partial charge in [0.15, 0.2) is 0 Å². The van der Waals surface area contributed by atoms with Crippen LogP contribution in [0.4, 0.5) is 0 Å². The highest BCUT2D eigenvalue weighted by atomic mass is 16.5.